The smallest absolute Gasteiger partial charge is 0.310 e. The molecular weight excluding hydrogens is 530 g/mol. The molecule has 0 saturated carbocycles. The second-order valence-corrected chi connectivity index (χ2v) is 10.5. The van der Waals surface area contributed by atoms with E-state index in [1.807, 2.05) is 66.7 Å². The van der Waals surface area contributed by atoms with E-state index in [0.29, 0.717) is 38.7 Å². The Morgan fingerprint density at radius 2 is 1.74 bits per heavy atom. The third-order valence-corrected chi connectivity index (χ3v) is 7.53. The summed E-state index contributed by atoms with van der Waals surface area (Å²) in [5.41, 5.74) is 2.49. The molecule has 1 aliphatic heterocycles. The molecule has 0 N–H and O–H groups in total. The average Bonchev–Trinajstić information content (AvgIpc) is 3.50. The van der Waals surface area contributed by atoms with Crippen LogP contribution in [0.4, 0.5) is 0 Å². The number of para-hydroxylation sites is 1. The quantitative estimate of drug-likeness (QED) is 0.188. The molecule has 2 atom stereocenters. The molecular formula is C34H37N3O5. The summed E-state index contributed by atoms with van der Waals surface area (Å²) in [4.78, 5) is 34.1. The molecule has 0 radical (unpaired) electrons. The Labute approximate surface area is 246 Å². The Bertz CT molecular complexity index is 1460. The number of likely N-dealkylation sites (tertiary alicyclic amines) is 1. The van der Waals surface area contributed by atoms with Crippen molar-refractivity contribution in [3.8, 4) is 11.5 Å². The van der Waals surface area contributed by atoms with Gasteiger partial charge in [-0.2, -0.15) is 0 Å². The van der Waals surface area contributed by atoms with Gasteiger partial charge in [0.05, 0.1) is 19.1 Å². The van der Waals surface area contributed by atoms with Crippen LogP contribution in [0.2, 0.25) is 0 Å². The first-order valence-corrected chi connectivity index (χ1v) is 14.5. The number of piperidine rings is 1. The Morgan fingerprint density at radius 3 is 2.50 bits per heavy atom. The first kappa shape index (κ1) is 29.1. The van der Waals surface area contributed by atoms with Crippen molar-refractivity contribution in [2.45, 2.75) is 45.8 Å². The highest BCUT2D eigenvalue weighted by Crippen LogP contribution is 2.28. The van der Waals surface area contributed by atoms with Crippen molar-refractivity contribution in [3.05, 3.63) is 114 Å². The van der Waals surface area contributed by atoms with Gasteiger partial charge in [-0.1, -0.05) is 60.7 Å². The topological polar surface area (TPSA) is 85.1 Å². The molecule has 0 aliphatic carbocycles. The fourth-order valence-electron chi connectivity index (χ4n) is 5.27. The number of hydrogen-bond acceptors (Lipinski definition) is 7. The van der Waals surface area contributed by atoms with Crippen molar-refractivity contribution in [2.24, 2.45) is 5.92 Å². The highest BCUT2D eigenvalue weighted by molar-refractivity contribution is 5.92. The summed E-state index contributed by atoms with van der Waals surface area (Å²) >= 11 is 0. The van der Waals surface area contributed by atoms with Gasteiger partial charge >= 0.3 is 5.97 Å². The predicted octanol–water partition coefficient (Wildman–Crippen LogP) is 6.65. The minimum Gasteiger partial charge on any atom is -0.466 e. The van der Waals surface area contributed by atoms with Crippen LogP contribution in [0, 0.1) is 5.92 Å². The molecule has 1 aromatic heterocycles. The second-order valence-electron chi connectivity index (χ2n) is 10.5. The van der Waals surface area contributed by atoms with Crippen LogP contribution in [-0.2, 0) is 22.6 Å². The molecule has 1 amide bonds. The van der Waals surface area contributed by atoms with Crippen LogP contribution in [0.3, 0.4) is 0 Å². The van der Waals surface area contributed by atoms with E-state index in [1.165, 1.54) is 6.26 Å². The van der Waals surface area contributed by atoms with Crippen LogP contribution in [0.5, 0.6) is 11.5 Å². The minimum atomic E-state index is -0.308. The molecule has 1 aliphatic rings. The molecule has 0 unspecified atom stereocenters. The Hall–Kier alpha value is -4.43. The number of ether oxygens (including phenoxy) is 2. The van der Waals surface area contributed by atoms with Gasteiger partial charge in [0.15, 0.2) is 5.69 Å². The maximum absolute atomic E-state index is 13.3. The van der Waals surface area contributed by atoms with Crippen molar-refractivity contribution in [3.63, 3.8) is 0 Å². The second kappa shape index (κ2) is 14.0. The maximum Gasteiger partial charge on any atom is 0.310 e. The molecule has 0 bridgehead atoms. The van der Waals surface area contributed by atoms with Crippen molar-refractivity contribution in [1.29, 1.82) is 0 Å². The zero-order valence-electron chi connectivity index (χ0n) is 24.1. The Morgan fingerprint density at radius 1 is 1.00 bits per heavy atom. The molecule has 218 valence electrons. The van der Waals surface area contributed by atoms with Crippen LogP contribution in [0.15, 0.2) is 95.6 Å². The van der Waals surface area contributed by atoms with Crippen molar-refractivity contribution in [2.75, 3.05) is 19.7 Å². The van der Waals surface area contributed by atoms with E-state index < -0.39 is 0 Å². The number of benzene rings is 3. The molecule has 8 nitrogen and oxygen atoms in total. The lowest BCUT2D eigenvalue weighted by Crippen LogP contribution is -2.43. The van der Waals surface area contributed by atoms with Crippen molar-refractivity contribution < 1.29 is 23.5 Å². The first-order chi connectivity index (χ1) is 20.5. The van der Waals surface area contributed by atoms with Crippen molar-refractivity contribution in [1.82, 2.24) is 14.8 Å². The fraction of sp³-hybridized carbons (Fsp3) is 0.324. The molecule has 3 aromatic carbocycles. The van der Waals surface area contributed by atoms with Gasteiger partial charge in [-0.15, -0.1) is 0 Å². The van der Waals surface area contributed by atoms with Gasteiger partial charge in [-0.3, -0.25) is 14.5 Å². The molecule has 42 heavy (non-hydrogen) atoms. The van der Waals surface area contributed by atoms with Gasteiger partial charge in [0.25, 0.3) is 5.91 Å². The molecule has 1 saturated heterocycles. The van der Waals surface area contributed by atoms with Crippen LogP contribution in [-0.4, -0.2) is 46.4 Å². The van der Waals surface area contributed by atoms with Gasteiger partial charge in [0.1, 0.15) is 17.8 Å². The van der Waals surface area contributed by atoms with E-state index in [2.05, 4.69) is 35.0 Å². The minimum absolute atomic E-state index is 0.0448. The van der Waals surface area contributed by atoms with Crippen LogP contribution >= 0.6 is 0 Å². The van der Waals surface area contributed by atoms with Gasteiger partial charge < -0.3 is 18.8 Å². The van der Waals surface area contributed by atoms with E-state index in [-0.39, 0.29) is 29.5 Å². The summed E-state index contributed by atoms with van der Waals surface area (Å²) in [6.07, 6.45) is 2.89. The van der Waals surface area contributed by atoms with Crippen LogP contribution in [0.1, 0.15) is 60.2 Å². The van der Waals surface area contributed by atoms with E-state index in [1.54, 1.807) is 11.8 Å². The van der Waals surface area contributed by atoms with Gasteiger partial charge in [-0.25, -0.2) is 4.98 Å². The van der Waals surface area contributed by atoms with Crippen molar-refractivity contribution >= 4 is 11.9 Å². The van der Waals surface area contributed by atoms with Gasteiger partial charge in [0.2, 0.25) is 5.89 Å². The van der Waals surface area contributed by atoms with Gasteiger partial charge in [0, 0.05) is 25.7 Å². The average molecular weight is 568 g/mol. The lowest BCUT2D eigenvalue weighted by atomic mass is 9.98. The summed E-state index contributed by atoms with van der Waals surface area (Å²) in [5.74, 6) is 1.21. The van der Waals surface area contributed by atoms with Crippen LogP contribution < -0.4 is 4.74 Å². The highest BCUT2D eigenvalue weighted by atomic mass is 16.5. The number of nitrogens with zero attached hydrogens (tertiary/aromatic N) is 3. The third-order valence-electron chi connectivity index (χ3n) is 7.53. The SMILES string of the molecule is CCOC(=O)[C@H]1CCCN(C(=O)c2coc(CN(Cc3cccc(Oc4ccccc4)c3)[C@@H](C)c3ccccc3)n2)C1. The largest absolute Gasteiger partial charge is 0.466 e. The summed E-state index contributed by atoms with van der Waals surface area (Å²) in [5, 5.41) is 0. The maximum atomic E-state index is 13.3. The number of carbonyl (C=O) groups excluding carboxylic acids is 2. The standard InChI is InChI=1S/C34H37N3O5/c1-3-40-34(39)28-15-11-19-36(22-28)33(38)31-24-41-32(35-31)23-37(25(2)27-13-6-4-7-14-27)21-26-12-10-18-30(20-26)42-29-16-8-5-9-17-29/h4-10,12-14,16-18,20,24-25,28H,3,11,15,19,21-23H2,1-2H3/t25-,28-/m0/s1. The number of esters is 1. The number of aromatic nitrogens is 1. The lowest BCUT2D eigenvalue weighted by molar-refractivity contribution is -0.149. The summed E-state index contributed by atoms with van der Waals surface area (Å²) in [6.45, 7) is 6.20. The molecule has 5 rings (SSSR count). The zero-order valence-corrected chi connectivity index (χ0v) is 24.1. The highest BCUT2D eigenvalue weighted by Gasteiger charge is 2.31. The third kappa shape index (κ3) is 7.44. The molecule has 0 spiro atoms. The molecule has 8 heteroatoms. The zero-order chi connectivity index (χ0) is 29.3. The number of amides is 1. The normalized spacial score (nSPS) is 15.8. The number of hydrogen-bond donors (Lipinski definition) is 0. The first-order valence-electron chi connectivity index (χ1n) is 14.5. The molecule has 1 fully saturated rings. The number of carbonyl (C=O) groups is 2. The molecule has 2 heterocycles. The summed E-state index contributed by atoms with van der Waals surface area (Å²) in [7, 11) is 0. The summed E-state index contributed by atoms with van der Waals surface area (Å²) in [6, 6.07) is 28.1. The lowest BCUT2D eigenvalue weighted by Gasteiger charge is -2.31. The van der Waals surface area contributed by atoms with Crippen LogP contribution in [0.25, 0.3) is 0 Å². The van der Waals surface area contributed by atoms with E-state index >= 15 is 0 Å². The van der Waals surface area contributed by atoms with E-state index in [0.717, 1.165) is 35.5 Å². The monoisotopic (exact) mass is 567 g/mol. The van der Waals surface area contributed by atoms with E-state index in [9.17, 15) is 9.59 Å². The Kier molecular flexibility index (Phi) is 9.66. The number of oxazole rings is 1. The number of rotatable bonds is 11. The predicted molar refractivity (Wildman–Crippen MR) is 159 cm³/mol. The fourth-order valence-corrected chi connectivity index (χ4v) is 5.27. The Balaban J connectivity index is 1.31. The van der Waals surface area contributed by atoms with Gasteiger partial charge in [-0.05, 0) is 62.1 Å². The summed E-state index contributed by atoms with van der Waals surface area (Å²) < 4.78 is 17.1. The van der Waals surface area contributed by atoms with E-state index in [4.69, 9.17) is 13.9 Å². The molecule has 4 aromatic rings.